The van der Waals surface area contributed by atoms with E-state index in [4.69, 9.17) is 28.2 Å². The minimum absolute atomic E-state index is 0.0274. The fourth-order valence-electron chi connectivity index (χ4n) is 19.2. The number of hydrogen-bond donors (Lipinski definition) is 3. The Morgan fingerprint density at radius 3 is 1.10 bits per heavy atom. The summed E-state index contributed by atoms with van der Waals surface area (Å²) in [6.45, 7) is 19.0. The van der Waals surface area contributed by atoms with Gasteiger partial charge in [0, 0.05) is 39.0 Å². The van der Waals surface area contributed by atoms with E-state index in [1.165, 1.54) is 94.0 Å². The van der Waals surface area contributed by atoms with E-state index in [1.807, 2.05) is 0 Å². The van der Waals surface area contributed by atoms with E-state index < -0.39 is 86.0 Å². The smallest absolute Gasteiger partial charge is 0.276 e. The van der Waals surface area contributed by atoms with E-state index >= 15 is 0 Å². The Morgan fingerprint density at radius 2 is 0.793 bits per heavy atom. The molecule has 0 spiro atoms. The molecule has 22 nitrogen and oxygen atoms in total. The number of aryl methyl sites for hydroxylation is 2. The largest absolute Gasteiger partial charge is 0.443 e. The summed E-state index contributed by atoms with van der Waals surface area (Å²) < 4.78 is 159. The van der Waals surface area contributed by atoms with Crippen LogP contribution in [0.5, 0.6) is 0 Å². The van der Waals surface area contributed by atoms with Crippen LogP contribution < -0.4 is 5.32 Å². The summed E-state index contributed by atoms with van der Waals surface area (Å²) in [6, 6.07) is 16.3. The van der Waals surface area contributed by atoms with Crippen LogP contribution in [0.4, 0.5) is 43.9 Å². The van der Waals surface area contributed by atoms with Crippen LogP contribution in [0, 0.1) is 65.0 Å². The lowest BCUT2D eigenvalue weighted by Gasteiger charge is -2.37. The Balaban J connectivity index is 0.000000131. The molecule has 9 aromatic heterocycles. The minimum atomic E-state index is -3.41. The third-order valence-electron chi connectivity index (χ3n) is 25.1. The first-order valence-electron chi connectivity index (χ1n) is 37.6. The number of rotatable bonds is 17. The summed E-state index contributed by atoms with van der Waals surface area (Å²) in [5, 5.41) is 49.5. The van der Waals surface area contributed by atoms with Gasteiger partial charge in [0.05, 0.1) is 115 Å². The molecule has 6 aliphatic rings. The van der Waals surface area contributed by atoms with E-state index in [9.17, 15) is 58.9 Å². The maximum Gasteiger partial charge on any atom is 0.276 e. The predicted octanol–water partition coefficient (Wildman–Crippen LogP) is 16.9. The standard InChI is InChI=1S/2C28H25F4N5O2.C28H26F2N6O2/c2*1-13-22(24(38)27(4,31)32)35-25(39-13)19-11-33-12-20(34-19)28-9-8-15(26(28,2)3)14-10-18(36-37-23(14)28)21-16(29)6-5-7-17(21)30;1-15(37)10-31-11-16-14-38-26(33-16)22-12-32-13-23(34-22)28-8-7-18(27(28,2)3)17-9-21(35-36-25(17)28)24-19(29)5-4-6-20(24)30/h2*5-7,10-12,15,24,38H,8-9H2,1-4H3;4-6,9,12-14,18,31H,7-8,10-11H2,1-3H3/t15-,24+,28-;15-,24-,28-;18-,28-/m000/s1. The second-order valence-corrected chi connectivity index (χ2v) is 32.5. The number of fused-ring (bicyclic) bond motifs is 15. The number of benzene rings is 3. The highest BCUT2D eigenvalue weighted by molar-refractivity contribution is 5.77. The molecule has 12 aromatic rings. The summed E-state index contributed by atoms with van der Waals surface area (Å²) in [4.78, 5) is 51.6. The molecular weight excluding hydrogens is 1520 g/mol. The first-order valence-corrected chi connectivity index (χ1v) is 37.6. The lowest BCUT2D eigenvalue weighted by atomic mass is 9.66. The van der Waals surface area contributed by atoms with Crippen molar-refractivity contribution in [2.75, 3.05) is 6.54 Å². The zero-order valence-electron chi connectivity index (χ0n) is 64.5. The van der Waals surface area contributed by atoms with Gasteiger partial charge >= 0.3 is 0 Å². The number of aliphatic hydroxyl groups excluding tert-OH is 2. The summed E-state index contributed by atoms with van der Waals surface area (Å²) >= 11 is 0. The van der Waals surface area contributed by atoms with Crippen LogP contribution in [0.25, 0.3) is 68.5 Å². The van der Waals surface area contributed by atoms with E-state index in [0.29, 0.717) is 73.3 Å². The van der Waals surface area contributed by atoms with Gasteiger partial charge in [-0.2, -0.15) is 15.3 Å². The second kappa shape index (κ2) is 28.2. The number of nitrogens with zero attached hydrogens (tertiary/aromatic N) is 15. The number of hydrogen-bond acceptors (Lipinski definition) is 22. The van der Waals surface area contributed by atoms with Crippen LogP contribution in [0.1, 0.15) is 210 Å². The van der Waals surface area contributed by atoms with E-state index in [2.05, 4.69) is 107 Å². The van der Waals surface area contributed by atoms with Crippen molar-refractivity contribution in [3.05, 3.63) is 231 Å². The molecule has 6 bridgehead atoms. The maximum absolute atomic E-state index is 14.5. The van der Waals surface area contributed by atoms with E-state index in [0.717, 1.165) is 53.8 Å². The molecule has 6 aliphatic carbocycles. The molecule has 0 radical (unpaired) electrons. The van der Waals surface area contributed by atoms with Gasteiger partial charge < -0.3 is 28.8 Å². The highest BCUT2D eigenvalue weighted by Crippen LogP contribution is 2.72. The van der Waals surface area contributed by atoms with Gasteiger partial charge in [-0.25, -0.2) is 73.8 Å². The molecule has 3 N–H and O–H groups in total. The van der Waals surface area contributed by atoms with Gasteiger partial charge in [-0.05, 0) is 165 Å². The van der Waals surface area contributed by atoms with Crippen LogP contribution in [0.2, 0.25) is 0 Å². The van der Waals surface area contributed by atoms with Crippen molar-refractivity contribution in [1.82, 2.24) is 80.8 Å². The van der Waals surface area contributed by atoms with Gasteiger partial charge in [0.15, 0.2) is 12.2 Å². The monoisotopic (exact) mass is 1590 g/mol. The summed E-state index contributed by atoms with van der Waals surface area (Å²) in [7, 11) is 0. The number of aromatic nitrogens is 15. The van der Waals surface area contributed by atoms with Gasteiger partial charge in [0.25, 0.3) is 11.8 Å². The zero-order valence-corrected chi connectivity index (χ0v) is 64.5. The van der Waals surface area contributed by atoms with E-state index in [-0.39, 0.29) is 115 Å². The average molecular weight is 1600 g/mol. The Morgan fingerprint density at radius 1 is 0.474 bits per heavy atom. The third-order valence-corrected chi connectivity index (χ3v) is 25.1. The number of aliphatic hydroxyl groups is 2. The van der Waals surface area contributed by atoms with Crippen molar-refractivity contribution >= 4 is 5.78 Å². The van der Waals surface area contributed by atoms with Crippen LogP contribution in [-0.2, 0) is 27.6 Å². The molecule has 32 heteroatoms. The van der Waals surface area contributed by atoms with Crippen molar-refractivity contribution < 1.29 is 72.2 Å². The lowest BCUT2D eigenvalue weighted by molar-refractivity contribution is -0.116. The van der Waals surface area contributed by atoms with Crippen molar-refractivity contribution in [3.8, 4) is 68.5 Å². The molecule has 598 valence electrons. The highest BCUT2D eigenvalue weighted by Gasteiger charge is 2.68. The van der Waals surface area contributed by atoms with E-state index in [1.54, 1.807) is 43.0 Å². The van der Waals surface area contributed by atoms with Crippen LogP contribution in [0.3, 0.4) is 0 Å². The fourth-order valence-corrected chi connectivity index (χ4v) is 19.2. The first kappa shape index (κ1) is 78.5. The number of carbonyl (C=O) groups excluding carboxylic acids is 1. The minimum Gasteiger partial charge on any atom is -0.443 e. The number of ketones is 1. The molecule has 0 aliphatic heterocycles. The molecule has 8 atom stereocenters. The SMILES string of the molecule is CC(=O)CNCc1coc(-c2cncc([C@@]34CC[C@@H](c5cc(-c6c(F)cccc6F)nnc53)C4(C)C)n2)n1.Cc1oc(-c2cncc([C@@]34CC[C@@H](c5cc(-c6c(F)cccc6F)nnc53)C4(C)C)n2)nc1[C@@H](O)C(C)(F)F.Cc1oc(-c2cncc([C@@]34CC[C@@H](c5cc(-c6c(F)cccc6F)nnc53)C4(C)C)n2)nc1[C@H](O)C(C)(F)F. The quantitative estimate of drug-likeness (QED) is 0.0713. The van der Waals surface area contributed by atoms with Gasteiger partial charge in [-0.15, -0.1) is 15.3 Å². The average Bonchev–Trinajstić information content (AvgIpc) is 1.53. The number of Topliss-reactive ketones (excluding diaryl/α,β-unsaturated/α-hetero) is 1. The predicted molar refractivity (Wildman–Crippen MR) is 397 cm³/mol. The second-order valence-electron chi connectivity index (χ2n) is 32.5. The number of nitrogens with one attached hydrogen (secondary N) is 1. The lowest BCUT2D eigenvalue weighted by Crippen LogP contribution is -2.38. The Bertz CT molecular complexity index is 5630. The van der Waals surface area contributed by atoms with Crippen molar-refractivity contribution in [3.63, 3.8) is 0 Å². The summed E-state index contributed by atoms with van der Waals surface area (Å²) in [5.41, 5.74) is 4.39. The van der Waals surface area contributed by atoms with Gasteiger partial charge in [0.1, 0.15) is 86.9 Å². The van der Waals surface area contributed by atoms with Crippen molar-refractivity contribution in [2.24, 2.45) is 16.2 Å². The van der Waals surface area contributed by atoms with Gasteiger partial charge in [-0.1, -0.05) is 59.7 Å². The Hall–Kier alpha value is -11.4. The Kier molecular flexibility index (Phi) is 19.1. The molecule has 3 saturated carbocycles. The van der Waals surface area contributed by atoms with Crippen LogP contribution in [0.15, 0.2) is 129 Å². The highest BCUT2D eigenvalue weighted by atomic mass is 19.3. The number of halogens is 10. The molecule has 0 saturated heterocycles. The molecule has 18 rings (SSSR count). The molecule has 0 amide bonds. The number of alkyl halides is 4. The number of oxazole rings is 3. The number of carbonyl (C=O) groups is 1. The molecule has 116 heavy (non-hydrogen) atoms. The molecule has 3 aromatic carbocycles. The first-order chi connectivity index (χ1) is 54.9. The topological polar surface area (TPSA) is 302 Å². The zero-order chi connectivity index (χ0) is 82.5. The summed E-state index contributed by atoms with van der Waals surface area (Å²) in [6.07, 6.45) is 11.3. The van der Waals surface area contributed by atoms with Crippen LogP contribution in [-0.4, -0.2) is 110 Å². The molecule has 0 unspecified atom stereocenters. The molecule has 3 fully saturated rings. The molecule has 9 heterocycles. The third kappa shape index (κ3) is 12.3. The van der Waals surface area contributed by atoms with Crippen molar-refractivity contribution in [1.29, 1.82) is 0 Å². The van der Waals surface area contributed by atoms with Gasteiger partial charge in [-0.3, -0.25) is 19.7 Å². The Labute approximate surface area is 657 Å². The van der Waals surface area contributed by atoms with Crippen molar-refractivity contribution in [2.45, 2.75) is 179 Å². The normalized spacial score (nSPS) is 21.8. The fraction of sp³-hybridized carbons (Fsp3) is 0.381. The molecular formula is C84H76F10N16O6. The summed E-state index contributed by atoms with van der Waals surface area (Å²) in [5.74, 6) is -10.5. The van der Waals surface area contributed by atoms with Gasteiger partial charge in [0.2, 0.25) is 17.7 Å². The van der Waals surface area contributed by atoms with Crippen LogP contribution >= 0.6 is 0 Å². The maximum atomic E-state index is 14.5.